The molecule has 0 N–H and O–H groups in total. The molecule has 0 unspecified atom stereocenters. The van der Waals surface area contributed by atoms with Crippen molar-refractivity contribution in [1.82, 2.24) is 0 Å². The molecule has 136 valence electrons. The molecule has 0 aliphatic carbocycles. The van der Waals surface area contributed by atoms with Gasteiger partial charge in [-0.15, -0.1) is 0 Å². The summed E-state index contributed by atoms with van der Waals surface area (Å²) in [4.78, 5) is 2.43. The number of aryl methyl sites for hydroxylation is 2. The lowest BCUT2D eigenvalue weighted by atomic mass is 10.1. The maximum absolute atomic E-state index is 2.43. The van der Waals surface area contributed by atoms with Gasteiger partial charge in [-0.3, -0.25) is 0 Å². The zero-order chi connectivity index (χ0) is 18.9. The van der Waals surface area contributed by atoms with Crippen LogP contribution in [0.2, 0.25) is 0 Å². The molecular formula is C26H27N. The highest BCUT2D eigenvalue weighted by Crippen LogP contribution is 2.24. The average Bonchev–Trinajstić information content (AvgIpc) is 2.69. The molecule has 27 heavy (non-hydrogen) atoms. The van der Waals surface area contributed by atoms with Crippen LogP contribution in [0, 0.1) is 13.8 Å². The van der Waals surface area contributed by atoms with Crippen molar-refractivity contribution >= 4 is 17.8 Å². The van der Waals surface area contributed by atoms with Crippen molar-refractivity contribution < 1.29 is 0 Å². The third-order valence-electron chi connectivity index (χ3n) is 4.63. The fraction of sp³-hybridized carbons (Fsp3) is 0.154. The van der Waals surface area contributed by atoms with Crippen molar-refractivity contribution in [2.24, 2.45) is 0 Å². The Kier molecular flexibility index (Phi) is 6.65. The maximum atomic E-state index is 2.43. The normalized spacial score (nSPS) is 11.3. The summed E-state index contributed by atoms with van der Waals surface area (Å²) in [5.74, 6) is 0. The molecule has 0 saturated carbocycles. The zero-order valence-electron chi connectivity index (χ0n) is 16.2. The number of hydrogen-bond acceptors (Lipinski definition) is 1. The van der Waals surface area contributed by atoms with E-state index in [4.69, 9.17) is 0 Å². The molecule has 3 aromatic rings. The van der Waals surface area contributed by atoms with Crippen LogP contribution in [-0.4, -0.2) is 13.1 Å². The van der Waals surface area contributed by atoms with Crippen LogP contribution in [0.5, 0.6) is 0 Å². The minimum atomic E-state index is 0.875. The summed E-state index contributed by atoms with van der Waals surface area (Å²) in [6.45, 7) is 6.13. The molecule has 0 heterocycles. The van der Waals surface area contributed by atoms with Crippen molar-refractivity contribution in [2.45, 2.75) is 13.8 Å². The Labute approximate surface area is 163 Å². The Morgan fingerprint density at radius 1 is 0.593 bits per heavy atom. The van der Waals surface area contributed by atoms with Crippen LogP contribution in [0.1, 0.15) is 22.3 Å². The molecule has 0 atom stereocenters. The van der Waals surface area contributed by atoms with E-state index in [0.29, 0.717) is 0 Å². The van der Waals surface area contributed by atoms with Gasteiger partial charge in [-0.05, 0) is 36.1 Å². The number of nitrogens with zero attached hydrogens (tertiary/aromatic N) is 1. The Morgan fingerprint density at radius 3 is 1.48 bits per heavy atom. The molecule has 0 bridgehead atoms. The fourth-order valence-electron chi connectivity index (χ4n) is 3.32. The summed E-state index contributed by atoms with van der Waals surface area (Å²) in [6.07, 6.45) is 8.89. The third kappa shape index (κ3) is 5.46. The van der Waals surface area contributed by atoms with E-state index in [0.717, 1.165) is 13.1 Å². The monoisotopic (exact) mass is 353 g/mol. The molecule has 0 aliphatic rings. The van der Waals surface area contributed by atoms with E-state index in [1.54, 1.807) is 0 Å². The van der Waals surface area contributed by atoms with Gasteiger partial charge in [-0.2, -0.15) is 0 Å². The Hall–Kier alpha value is -3.06. The smallest absolute Gasteiger partial charge is 0.0431 e. The van der Waals surface area contributed by atoms with Crippen LogP contribution in [-0.2, 0) is 0 Å². The van der Waals surface area contributed by atoms with Gasteiger partial charge in [0.05, 0.1) is 0 Å². The van der Waals surface area contributed by atoms with E-state index >= 15 is 0 Å². The first-order valence-corrected chi connectivity index (χ1v) is 9.48. The highest BCUT2D eigenvalue weighted by molar-refractivity contribution is 5.61. The van der Waals surface area contributed by atoms with Gasteiger partial charge >= 0.3 is 0 Å². The molecule has 0 aliphatic heterocycles. The molecular weight excluding hydrogens is 326 g/mol. The number of rotatable bonds is 7. The number of anilines is 1. The molecule has 0 amide bonds. The van der Waals surface area contributed by atoms with Gasteiger partial charge in [0.15, 0.2) is 0 Å². The first kappa shape index (κ1) is 18.7. The summed E-state index contributed by atoms with van der Waals surface area (Å²) >= 11 is 0. The largest absolute Gasteiger partial charge is 0.364 e. The van der Waals surface area contributed by atoms with Gasteiger partial charge in [0.1, 0.15) is 0 Å². The van der Waals surface area contributed by atoms with Gasteiger partial charge < -0.3 is 4.90 Å². The van der Waals surface area contributed by atoms with E-state index in [-0.39, 0.29) is 0 Å². The van der Waals surface area contributed by atoms with Crippen molar-refractivity contribution in [1.29, 1.82) is 0 Å². The summed E-state index contributed by atoms with van der Waals surface area (Å²) in [6, 6.07) is 27.5. The number of benzene rings is 3. The summed E-state index contributed by atoms with van der Waals surface area (Å²) < 4.78 is 0. The predicted octanol–water partition coefficient (Wildman–Crippen LogP) is 6.54. The molecule has 3 rings (SSSR count). The zero-order valence-corrected chi connectivity index (χ0v) is 16.2. The minimum Gasteiger partial charge on any atom is -0.364 e. The van der Waals surface area contributed by atoms with Crippen molar-refractivity contribution in [3.05, 3.63) is 113 Å². The van der Waals surface area contributed by atoms with E-state index < -0.39 is 0 Å². The number of para-hydroxylation sites is 1. The molecule has 1 heteroatoms. The lowest BCUT2D eigenvalue weighted by Gasteiger charge is -2.26. The van der Waals surface area contributed by atoms with E-state index in [9.17, 15) is 0 Å². The summed E-state index contributed by atoms with van der Waals surface area (Å²) in [7, 11) is 0. The lowest BCUT2D eigenvalue weighted by Crippen LogP contribution is -2.25. The van der Waals surface area contributed by atoms with Gasteiger partial charge in [-0.25, -0.2) is 0 Å². The van der Waals surface area contributed by atoms with Crippen molar-refractivity contribution in [3.63, 3.8) is 0 Å². The molecule has 1 nitrogen and oxygen atoms in total. The minimum absolute atomic E-state index is 0.875. The van der Waals surface area contributed by atoms with Crippen LogP contribution in [0.25, 0.3) is 12.2 Å². The SMILES string of the molecule is Cc1cccc(C)c1N(C/C=C/c1ccccc1)C/C=C/c1ccccc1. The average molecular weight is 354 g/mol. The lowest BCUT2D eigenvalue weighted by molar-refractivity contribution is 0.943. The first-order chi connectivity index (χ1) is 13.2. The van der Waals surface area contributed by atoms with Crippen molar-refractivity contribution in [2.75, 3.05) is 18.0 Å². The number of hydrogen-bond donors (Lipinski definition) is 0. The Morgan fingerprint density at radius 2 is 1.04 bits per heavy atom. The second kappa shape index (κ2) is 9.59. The maximum Gasteiger partial charge on any atom is 0.0431 e. The summed E-state index contributed by atoms with van der Waals surface area (Å²) in [5.41, 5.74) is 6.43. The van der Waals surface area contributed by atoms with Gasteiger partial charge in [0, 0.05) is 18.8 Å². The van der Waals surface area contributed by atoms with Crippen LogP contribution in [0.3, 0.4) is 0 Å². The predicted molar refractivity (Wildman–Crippen MR) is 119 cm³/mol. The molecule has 0 spiro atoms. The molecule has 3 aromatic carbocycles. The third-order valence-corrected chi connectivity index (χ3v) is 4.63. The highest BCUT2D eigenvalue weighted by atomic mass is 15.1. The van der Waals surface area contributed by atoms with Gasteiger partial charge in [0.2, 0.25) is 0 Å². The van der Waals surface area contributed by atoms with Gasteiger partial charge in [0.25, 0.3) is 0 Å². The van der Waals surface area contributed by atoms with Crippen LogP contribution in [0.4, 0.5) is 5.69 Å². The second-order valence-corrected chi connectivity index (χ2v) is 6.77. The quantitative estimate of drug-likeness (QED) is 0.466. The van der Waals surface area contributed by atoms with E-state index in [1.165, 1.54) is 27.9 Å². The first-order valence-electron chi connectivity index (χ1n) is 9.48. The van der Waals surface area contributed by atoms with Crippen molar-refractivity contribution in [3.8, 4) is 0 Å². The second-order valence-electron chi connectivity index (χ2n) is 6.77. The molecule has 0 fully saturated rings. The Bertz CT molecular complexity index is 820. The van der Waals surface area contributed by atoms with Gasteiger partial charge in [-0.1, -0.05) is 103 Å². The molecule has 0 radical (unpaired) electrons. The molecule has 0 aromatic heterocycles. The summed E-state index contributed by atoms with van der Waals surface area (Å²) in [5, 5.41) is 0. The fourth-order valence-corrected chi connectivity index (χ4v) is 3.32. The van der Waals surface area contributed by atoms with E-state index in [2.05, 4.69) is 122 Å². The topological polar surface area (TPSA) is 3.24 Å². The standard InChI is InChI=1S/C26H27N/c1-22-12-9-13-23(2)26(22)27(20-10-18-24-14-5-3-6-15-24)21-11-19-25-16-7-4-8-17-25/h3-19H,20-21H2,1-2H3/b18-10+,19-11+. The highest BCUT2D eigenvalue weighted by Gasteiger charge is 2.09. The Balaban J connectivity index is 1.78. The molecule has 0 saturated heterocycles. The van der Waals surface area contributed by atoms with Crippen LogP contribution < -0.4 is 4.90 Å². The van der Waals surface area contributed by atoms with E-state index in [1.807, 2.05) is 0 Å². The van der Waals surface area contributed by atoms with Crippen LogP contribution >= 0.6 is 0 Å². The van der Waals surface area contributed by atoms with Crippen LogP contribution in [0.15, 0.2) is 91.0 Å².